The number of halogens is 1. The SMILES string of the molecule is N#CC(CBr)P(c1ccccc1)c1ccccc1. The molecule has 0 aliphatic heterocycles. The standard InChI is InChI=1S/C15H13BrNP/c16-11-15(12-17)18(13-7-3-1-4-8-13)14-9-5-2-6-10-14/h1-10,15H,11H2. The maximum atomic E-state index is 9.36. The average molecular weight is 318 g/mol. The van der Waals surface area contributed by atoms with Gasteiger partial charge in [0.2, 0.25) is 0 Å². The van der Waals surface area contributed by atoms with E-state index in [4.69, 9.17) is 0 Å². The second-order valence-electron chi connectivity index (χ2n) is 3.84. The number of hydrogen-bond donors (Lipinski definition) is 0. The van der Waals surface area contributed by atoms with Crippen molar-refractivity contribution in [3.05, 3.63) is 60.7 Å². The first-order chi connectivity index (χ1) is 8.86. The van der Waals surface area contributed by atoms with E-state index in [1.165, 1.54) is 10.6 Å². The summed E-state index contributed by atoms with van der Waals surface area (Å²) in [6.45, 7) is 0. The molecule has 0 aliphatic rings. The fraction of sp³-hybridized carbons (Fsp3) is 0.133. The molecule has 1 nitrogen and oxygen atoms in total. The van der Waals surface area contributed by atoms with E-state index in [1.807, 2.05) is 36.4 Å². The van der Waals surface area contributed by atoms with Gasteiger partial charge >= 0.3 is 0 Å². The van der Waals surface area contributed by atoms with Crippen molar-refractivity contribution in [2.24, 2.45) is 0 Å². The van der Waals surface area contributed by atoms with E-state index in [1.54, 1.807) is 0 Å². The smallest absolute Gasteiger partial charge is 0.0840 e. The lowest BCUT2D eigenvalue weighted by Crippen LogP contribution is -2.21. The van der Waals surface area contributed by atoms with Crippen LogP contribution >= 0.6 is 23.9 Å². The van der Waals surface area contributed by atoms with Gasteiger partial charge in [0.25, 0.3) is 0 Å². The number of rotatable bonds is 4. The molecule has 2 aromatic rings. The lowest BCUT2D eigenvalue weighted by atomic mass is 10.4. The Morgan fingerprint density at radius 3 is 1.72 bits per heavy atom. The summed E-state index contributed by atoms with van der Waals surface area (Å²) in [7, 11) is -0.622. The molecule has 18 heavy (non-hydrogen) atoms. The monoisotopic (exact) mass is 317 g/mol. The van der Waals surface area contributed by atoms with Crippen molar-refractivity contribution in [3.63, 3.8) is 0 Å². The van der Waals surface area contributed by atoms with E-state index < -0.39 is 7.92 Å². The molecule has 0 N–H and O–H groups in total. The molecule has 0 aromatic heterocycles. The molecule has 3 heteroatoms. The van der Waals surface area contributed by atoms with Crippen molar-refractivity contribution in [2.45, 2.75) is 5.66 Å². The Bertz CT molecular complexity index is 482. The Labute approximate surface area is 117 Å². The highest BCUT2D eigenvalue weighted by Gasteiger charge is 2.23. The van der Waals surface area contributed by atoms with Crippen LogP contribution in [0.2, 0.25) is 0 Å². The van der Waals surface area contributed by atoms with Crippen molar-refractivity contribution in [1.29, 1.82) is 5.26 Å². The molecule has 90 valence electrons. The molecular formula is C15H13BrNP. The van der Waals surface area contributed by atoms with Gasteiger partial charge in [0.05, 0.1) is 11.7 Å². The molecule has 0 spiro atoms. The van der Waals surface area contributed by atoms with E-state index in [-0.39, 0.29) is 5.66 Å². The quantitative estimate of drug-likeness (QED) is 0.626. The van der Waals surface area contributed by atoms with E-state index >= 15 is 0 Å². The first-order valence-corrected chi connectivity index (χ1v) is 8.25. The summed E-state index contributed by atoms with van der Waals surface area (Å²) < 4.78 is 0. The first-order valence-electron chi connectivity index (χ1n) is 5.71. The van der Waals surface area contributed by atoms with Crippen LogP contribution < -0.4 is 10.6 Å². The van der Waals surface area contributed by atoms with Crippen LogP contribution in [0.15, 0.2) is 60.7 Å². The van der Waals surface area contributed by atoms with Crippen molar-refractivity contribution < 1.29 is 0 Å². The third-order valence-corrected chi connectivity index (χ3v) is 6.45. The zero-order valence-electron chi connectivity index (χ0n) is 9.83. The molecule has 0 heterocycles. The van der Waals surface area contributed by atoms with Crippen molar-refractivity contribution in [2.75, 3.05) is 5.33 Å². The largest absolute Gasteiger partial charge is 0.198 e. The molecule has 1 atom stereocenters. The van der Waals surface area contributed by atoms with Gasteiger partial charge in [-0.1, -0.05) is 76.6 Å². The lowest BCUT2D eigenvalue weighted by molar-refractivity contribution is 1.26. The molecule has 2 rings (SSSR count). The predicted octanol–water partition coefficient (Wildman–Crippen LogP) is 3.41. The first kappa shape index (κ1) is 13.3. The molecule has 0 bridgehead atoms. The van der Waals surface area contributed by atoms with Crippen molar-refractivity contribution in [1.82, 2.24) is 0 Å². The van der Waals surface area contributed by atoms with Crippen LogP contribution in [0.3, 0.4) is 0 Å². The summed E-state index contributed by atoms with van der Waals surface area (Å²) >= 11 is 3.46. The second-order valence-corrected chi connectivity index (χ2v) is 6.88. The van der Waals surface area contributed by atoms with Crippen LogP contribution in [0.4, 0.5) is 0 Å². The van der Waals surface area contributed by atoms with Gasteiger partial charge in [-0.3, -0.25) is 0 Å². The lowest BCUT2D eigenvalue weighted by Gasteiger charge is -2.22. The number of nitriles is 1. The maximum absolute atomic E-state index is 9.36. The summed E-state index contributed by atoms with van der Waals surface area (Å²) in [6.07, 6.45) is 0. The normalized spacial score (nSPS) is 12.1. The fourth-order valence-electron chi connectivity index (χ4n) is 1.85. The Morgan fingerprint density at radius 1 is 0.944 bits per heavy atom. The highest BCUT2D eigenvalue weighted by atomic mass is 79.9. The van der Waals surface area contributed by atoms with Crippen LogP contribution in [0.5, 0.6) is 0 Å². The van der Waals surface area contributed by atoms with Gasteiger partial charge in [0, 0.05) is 5.33 Å². The van der Waals surface area contributed by atoms with Crippen molar-refractivity contribution in [3.8, 4) is 6.07 Å². The van der Waals surface area contributed by atoms with Crippen LogP contribution in [0.1, 0.15) is 0 Å². The van der Waals surface area contributed by atoms with Gasteiger partial charge < -0.3 is 0 Å². The Kier molecular flexibility index (Phi) is 4.93. The topological polar surface area (TPSA) is 23.8 Å². The zero-order chi connectivity index (χ0) is 12.8. The van der Waals surface area contributed by atoms with Crippen LogP contribution in [-0.2, 0) is 0 Å². The molecule has 0 aliphatic carbocycles. The summed E-state index contributed by atoms with van der Waals surface area (Å²) in [5.74, 6) is 0. The molecule has 0 saturated heterocycles. The summed E-state index contributed by atoms with van der Waals surface area (Å²) in [6, 6.07) is 23.1. The second kappa shape index (κ2) is 6.69. The van der Waals surface area contributed by atoms with Crippen LogP contribution in [-0.4, -0.2) is 11.0 Å². The summed E-state index contributed by atoms with van der Waals surface area (Å²) in [5.41, 5.74) is 0.00444. The molecule has 1 unspecified atom stereocenters. The number of hydrogen-bond acceptors (Lipinski definition) is 1. The Balaban J connectivity index is 2.45. The van der Waals surface area contributed by atoms with E-state index in [0.29, 0.717) is 5.33 Å². The number of benzene rings is 2. The van der Waals surface area contributed by atoms with Gasteiger partial charge in [-0.15, -0.1) is 0 Å². The average Bonchev–Trinajstić information content (AvgIpc) is 2.46. The predicted molar refractivity (Wildman–Crippen MR) is 82.3 cm³/mol. The minimum Gasteiger partial charge on any atom is -0.198 e. The summed E-state index contributed by atoms with van der Waals surface area (Å²) in [4.78, 5) is 0. The van der Waals surface area contributed by atoms with E-state index in [2.05, 4.69) is 46.3 Å². The highest BCUT2D eigenvalue weighted by molar-refractivity contribution is 9.09. The molecular weight excluding hydrogens is 305 g/mol. The molecule has 2 aromatic carbocycles. The zero-order valence-corrected chi connectivity index (χ0v) is 12.3. The summed E-state index contributed by atoms with van der Waals surface area (Å²) in [5, 5.41) is 12.6. The Morgan fingerprint density at radius 2 is 1.39 bits per heavy atom. The van der Waals surface area contributed by atoms with Crippen molar-refractivity contribution >= 4 is 34.5 Å². The fourth-order valence-corrected chi connectivity index (χ4v) is 5.12. The van der Waals surface area contributed by atoms with E-state index in [0.717, 1.165) is 0 Å². The molecule has 0 amide bonds. The maximum Gasteiger partial charge on any atom is 0.0840 e. The van der Waals surface area contributed by atoms with Gasteiger partial charge in [-0.2, -0.15) is 5.26 Å². The van der Waals surface area contributed by atoms with E-state index in [9.17, 15) is 5.26 Å². The third-order valence-electron chi connectivity index (χ3n) is 2.68. The van der Waals surface area contributed by atoms with Gasteiger partial charge in [-0.05, 0) is 18.5 Å². The van der Waals surface area contributed by atoms with Crippen LogP contribution in [0.25, 0.3) is 0 Å². The molecule has 0 fully saturated rings. The van der Waals surface area contributed by atoms with Gasteiger partial charge in [0.15, 0.2) is 0 Å². The number of nitrogens with zero attached hydrogens (tertiary/aromatic N) is 1. The van der Waals surface area contributed by atoms with Gasteiger partial charge in [-0.25, -0.2) is 0 Å². The van der Waals surface area contributed by atoms with Crippen LogP contribution in [0, 0.1) is 11.3 Å². The molecule has 0 radical (unpaired) electrons. The third kappa shape index (κ3) is 2.99. The van der Waals surface area contributed by atoms with Gasteiger partial charge in [0.1, 0.15) is 0 Å². The highest BCUT2D eigenvalue weighted by Crippen LogP contribution is 2.39. The number of alkyl halides is 1. The minimum atomic E-state index is -0.622. The Hall–Kier alpha value is -1.16. The minimum absolute atomic E-state index is 0.00444. The molecule has 0 saturated carbocycles.